The summed E-state index contributed by atoms with van der Waals surface area (Å²) < 4.78 is 7.52. The van der Waals surface area contributed by atoms with E-state index < -0.39 is 0 Å². The Balaban J connectivity index is 2.69. The van der Waals surface area contributed by atoms with Crippen molar-refractivity contribution in [1.82, 2.24) is 4.57 Å². The highest BCUT2D eigenvalue weighted by Crippen LogP contribution is 2.28. The number of fused-ring (bicyclic) bond motifs is 1. The minimum Gasteiger partial charge on any atom is -0.497 e. The van der Waals surface area contributed by atoms with Gasteiger partial charge in [0.2, 0.25) is 0 Å². The Labute approximate surface area is 95.8 Å². The van der Waals surface area contributed by atoms with Crippen LogP contribution in [0.15, 0.2) is 18.2 Å². The van der Waals surface area contributed by atoms with Crippen molar-refractivity contribution in [1.29, 1.82) is 0 Å². The summed E-state index contributed by atoms with van der Waals surface area (Å²) in [7, 11) is 1.69. The molecule has 0 saturated heterocycles. The molecule has 2 N–H and O–H groups in total. The Morgan fingerprint density at radius 3 is 2.69 bits per heavy atom. The van der Waals surface area contributed by atoms with E-state index in [1.807, 2.05) is 6.07 Å². The molecule has 0 fully saturated rings. The number of methoxy groups -OCH3 is 1. The predicted octanol–water partition coefficient (Wildman–Crippen LogP) is 2.23. The molecule has 1 heterocycles. The SMILES string of the molecule is COc1ccc2c(c1)c(C)c(C)n2CCN. The standard InChI is InChI=1S/C13H18N2O/c1-9-10(2)15(7-6-14)13-5-4-11(16-3)8-12(9)13/h4-5,8H,6-7,14H2,1-3H3. The number of ether oxygens (including phenoxy) is 1. The third kappa shape index (κ3) is 1.57. The first-order chi connectivity index (χ1) is 7.69. The maximum atomic E-state index is 5.64. The lowest BCUT2D eigenvalue weighted by Crippen LogP contribution is -2.10. The van der Waals surface area contributed by atoms with Crippen LogP contribution in [0.2, 0.25) is 0 Å². The molecule has 1 aromatic heterocycles. The first-order valence-electron chi connectivity index (χ1n) is 5.52. The smallest absolute Gasteiger partial charge is 0.119 e. The average molecular weight is 218 g/mol. The highest BCUT2D eigenvalue weighted by Gasteiger charge is 2.10. The summed E-state index contributed by atoms with van der Waals surface area (Å²) in [5, 5.41) is 1.25. The second kappa shape index (κ2) is 4.18. The molecular formula is C13H18N2O. The second-order valence-corrected chi connectivity index (χ2v) is 4.03. The number of aryl methyl sites for hydroxylation is 1. The van der Waals surface area contributed by atoms with Crippen molar-refractivity contribution in [3.05, 3.63) is 29.5 Å². The topological polar surface area (TPSA) is 40.2 Å². The van der Waals surface area contributed by atoms with E-state index in [0.29, 0.717) is 6.54 Å². The van der Waals surface area contributed by atoms with Gasteiger partial charge in [0, 0.05) is 29.7 Å². The Kier molecular flexibility index (Phi) is 2.88. The molecule has 0 aliphatic heterocycles. The molecule has 0 aliphatic carbocycles. The van der Waals surface area contributed by atoms with Gasteiger partial charge >= 0.3 is 0 Å². The van der Waals surface area contributed by atoms with Gasteiger partial charge in [0.1, 0.15) is 5.75 Å². The Hall–Kier alpha value is -1.48. The van der Waals surface area contributed by atoms with Gasteiger partial charge in [-0.2, -0.15) is 0 Å². The molecule has 0 amide bonds. The minimum absolute atomic E-state index is 0.663. The van der Waals surface area contributed by atoms with Gasteiger partial charge in [0.25, 0.3) is 0 Å². The predicted molar refractivity (Wildman–Crippen MR) is 67.0 cm³/mol. The zero-order valence-corrected chi connectivity index (χ0v) is 10.1. The van der Waals surface area contributed by atoms with Crippen molar-refractivity contribution < 1.29 is 4.74 Å². The van der Waals surface area contributed by atoms with Crippen molar-refractivity contribution in [2.45, 2.75) is 20.4 Å². The van der Waals surface area contributed by atoms with Gasteiger partial charge in [-0.3, -0.25) is 0 Å². The van der Waals surface area contributed by atoms with Gasteiger partial charge in [-0.1, -0.05) is 0 Å². The molecule has 0 radical (unpaired) electrons. The Bertz CT molecular complexity index is 514. The van der Waals surface area contributed by atoms with Crippen molar-refractivity contribution in [3.8, 4) is 5.75 Å². The van der Waals surface area contributed by atoms with Gasteiger partial charge < -0.3 is 15.0 Å². The van der Waals surface area contributed by atoms with E-state index in [2.05, 4.69) is 30.5 Å². The lowest BCUT2D eigenvalue weighted by molar-refractivity contribution is 0.415. The summed E-state index contributed by atoms with van der Waals surface area (Å²) in [5.41, 5.74) is 9.47. The molecule has 3 nitrogen and oxygen atoms in total. The first kappa shape index (κ1) is 11.0. The highest BCUT2D eigenvalue weighted by atomic mass is 16.5. The quantitative estimate of drug-likeness (QED) is 0.858. The van der Waals surface area contributed by atoms with Gasteiger partial charge in [-0.15, -0.1) is 0 Å². The third-order valence-electron chi connectivity index (χ3n) is 3.20. The van der Waals surface area contributed by atoms with E-state index in [0.717, 1.165) is 12.3 Å². The molecule has 0 bridgehead atoms. The number of hydrogen-bond donors (Lipinski definition) is 1. The van der Waals surface area contributed by atoms with Crippen LogP contribution in [0.5, 0.6) is 5.75 Å². The van der Waals surface area contributed by atoms with Crippen LogP contribution in [0.3, 0.4) is 0 Å². The van der Waals surface area contributed by atoms with Gasteiger partial charge in [0.15, 0.2) is 0 Å². The minimum atomic E-state index is 0.663. The fourth-order valence-corrected chi connectivity index (χ4v) is 2.17. The van der Waals surface area contributed by atoms with Crippen molar-refractivity contribution in [2.75, 3.05) is 13.7 Å². The molecule has 0 spiro atoms. The van der Waals surface area contributed by atoms with Crippen molar-refractivity contribution in [2.24, 2.45) is 5.73 Å². The largest absolute Gasteiger partial charge is 0.497 e. The number of aromatic nitrogens is 1. The maximum Gasteiger partial charge on any atom is 0.119 e. The van der Waals surface area contributed by atoms with Crippen LogP contribution >= 0.6 is 0 Å². The van der Waals surface area contributed by atoms with Gasteiger partial charge in [-0.25, -0.2) is 0 Å². The molecule has 0 saturated carbocycles. The summed E-state index contributed by atoms with van der Waals surface area (Å²) in [6, 6.07) is 6.18. The number of hydrogen-bond acceptors (Lipinski definition) is 2. The highest BCUT2D eigenvalue weighted by molar-refractivity contribution is 5.86. The molecule has 1 aromatic carbocycles. The molecule has 0 atom stereocenters. The van der Waals surface area contributed by atoms with E-state index >= 15 is 0 Å². The molecule has 86 valence electrons. The summed E-state index contributed by atoms with van der Waals surface area (Å²) in [6.07, 6.45) is 0. The van der Waals surface area contributed by atoms with Crippen LogP contribution in [0.4, 0.5) is 0 Å². The molecule has 2 aromatic rings. The van der Waals surface area contributed by atoms with Crippen molar-refractivity contribution in [3.63, 3.8) is 0 Å². The maximum absolute atomic E-state index is 5.64. The van der Waals surface area contributed by atoms with Crippen LogP contribution in [-0.4, -0.2) is 18.2 Å². The third-order valence-corrected chi connectivity index (χ3v) is 3.20. The number of rotatable bonds is 3. The lowest BCUT2D eigenvalue weighted by atomic mass is 10.1. The monoisotopic (exact) mass is 218 g/mol. The molecule has 0 aliphatic rings. The van der Waals surface area contributed by atoms with Crippen LogP contribution in [-0.2, 0) is 6.54 Å². The van der Waals surface area contributed by atoms with Gasteiger partial charge in [0.05, 0.1) is 7.11 Å². The van der Waals surface area contributed by atoms with Crippen LogP contribution < -0.4 is 10.5 Å². The number of nitrogens with zero attached hydrogens (tertiary/aromatic N) is 1. The van der Waals surface area contributed by atoms with Gasteiger partial charge in [-0.05, 0) is 37.6 Å². The first-order valence-corrected chi connectivity index (χ1v) is 5.52. The Morgan fingerprint density at radius 1 is 1.31 bits per heavy atom. The normalized spacial score (nSPS) is 11.0. The summed E-state index contributed by atoms with van der Waals surface area (Å²) in [6.45, 7) is 5.81. The molecule has 16 heavy (non-hydrogen) atoms. The van der Waals surface area contributed by atoms with Crippen molar-refractivity contribution >= 4 is 10.9 Å². The second-order valence-electron chi connectivity index (χ2n) is 4.03. The summed E-state index contributed by atoms with van der Waals surface area (Å²) >= 11 is 0. The summed E-state index contributed by atoms with van der Waals surface area (Å²) in [4.78, 5) is 0. The molecule has 3 heteroatoms. The fourth-order valence-electron chi connectivity index (χ4n) is 2.17. The number of nitrogens with two attached hydrogens (primary N) is 1. The van der Waals surface area contributed by atoms with E-state index in [9.17, 15) is 0 Å². The zero-order valence-electron chi connectivity index (χ0n) is 10.1. The fraction of sp³-hybridized carbons (Fsp3) is 0.385. The van der Waals surface area contributed by atoms with E-state index in [4.69, 9.17) is 10.5 Å². The summed E-state index contributed by atoms with van der Waals surface area (Å²) in [5.74, 6) is 0.903. The molecule has 0 unspecified atom stereocenters. The Morgan fingerprint density at radius 2 is 2.06 bits per heavy atom. The zero-order chi connectivity index (χ0) is 11.7. The lowest BCUT2D eigenvalue weighted by Gasteiger charge is -2.06. The van der Waals surface area contributed by atoms with Crippen LogP contribution in [0.1, 0.15) is 11.3 Å². The number of benzene rings is 1. The average Bonchev–Trinajstić information content (AvgIpc) is 2.54. The molecule has 2 rings (SSSR count). The molecular weight excluding hydrogens is 200 g/mol. The van der Waals surface area contributed by atoms with E-state index in [-0.39, 0.29) is 0 Å². The van der Waals surface area contributed by atoms with Crippen LogP contribution in [0, 0.1) is 13.8 Å². The van der Waals surface area contributed by atoms with E-state index in [1.54, 1.807) is 7.11 Å². The van der Waals surface area contributed by atoms with Crippen LogP contribution in [0.25, 0.3) is 10.9 Å². The van der Waals surface area contributed by atoms with E-state index in [1.165, 1.54) is 22.2 Å².